The van der Waals surface area contributed by atoms with Gasteiger partial charge in [0.25, 0.3) is 0 Å². The minimum absolute atomic E-state index is 0.0783. The van der Waals surface area contributed by atoms with Crippen molar-refractivity contribution >= 4 is 28.6 Å². The molecule has 0 aliphatic carbocycles. The summed E-state index contributed by atoms with van der Waals surface area (Å²) in [7, 11) is 0. The zero-order valence-corrected chi connectivity index (χ0v) is 11.8. The van der Waals surface area contributed by atoms with Gasteiger partial charge in [-0.3, -0.25) is 4.79 Å². The monoisotopic (exact) mass is 325 g/mol. The van der Waals surface area contributed by atoms with Crippen LogP contribution in [-0.2, 0) is 9.53 Å². The van der Waals surface area contributed by atoms with Gasteiger partial charge >= 0.3 is 5.97 Å². The molecule has 15 heavy (non-hydrogen) atoms. The van der Waals surface area contributed by atoms with Crippen LogP contribution >= 0.6 is 22.6 Å². The van der Waals surface area contributed by atoms with Crippen LogP contribution in [0.1, 0.15) is 40.0 Å². The van der Waals surface area contributed by atoms with Crippen molar-refractivity contribution in [2.24, 2.45) is 0 Å². The molecule has 0 bridgehead atoms. The Morgan fingerprint density at radius 1 is 1.53 bits per heavy atom. The summed E-state index contributed by atoms with van der Waals surface area (Å²) in [6.07, 6.45) is 3.54. The van der Waals surface area contributed by atoms with Gasteiger partial charge in [0.1, 0.15) is 9.53 Å². The lowest BCUT2D eigenvalue weighted by Gasteiger charge is -2.37. The van der Waals surface area contributed by atoms with Gasteiger partial charge in [-0.2, -0.15) is 0 Å². The van der Waals surface area contributed by atoms with Crippen LogP contribution in [0.3, 0.4) is 0 Å². The van der Waals surface area contributed by atoms with Crippen LogP contribution in [0, 0.1) is 0 Å². The van der Waals surface area contributed by atoms with Gasteiger partial charge < -0.3 is 10.1 Å². The second kappa shape index (κ2) is 5.48. The molecule has 0 spiro atoms. The van der Waals surface area contributed by atoms with E-state index >= 15 is 0 Å². The molecule has 1 aliphatic heterocycles. The molecule has 2 unspecified atom stereocenters. The summed E-state index contributed by atoms with van der Waals surface area (Å²) in [5.74, 6) is -0.118. The smallest absolute Gasteiger partial charge is 0.319 e. The van der Waals surface area contributed by atoms with Gasteiger partial charge in [-0.15, -0.1) is 0 Å². The van der Waals surface area contributed by atoms with E-state index in [0.29, 0.717) is 6.04 Å². The Hall–Kier alpha value is 0.160. The average Bonchev–Trinajstić information content (AvgIpc) is 2.18. The molecule has 2 atom stereocenters. The summed E-state index contributed by atoms with van der Waals surface area (Å²) >= 11 is 2.08. The molecule has 0 radical (unpaired) electrons. The van der Waals surface area contributed by atoms with Gasteiger partial charge in [-0.25, -0.2) is 0 Å². The normalized spacial score (nSPS) is 24.7. The number of hydrogen-bond acceptors (Lipinski definition) is 3. The van der Waals surface area contributed by atoms with E-state index in [1.807, 2.05) is 20.8 Å². The zero-order valence-electron chi connectivity index (χ0n) is 9.68. The molecular formula is C11H20INO2. The number of carbonyl (C=O) groups excluding carboxylic acids is 1. The zero-order chi connectivity index (χ0) is 11.5. The molecule has 0 saturated carbocycles. The lowest BCUT2D eigenvalue weighted by atomic mass is 9.91. The van der Waals surface area contributed by atoms with Gasteiger partial charge in [0.2, 0.25) is 0 Å². The van der Waals surface area contributed by atoms with E-state index in [1.165, 1.54) is 12.8 Å². The van der Waals surface area contributed by atoms with Crippen LogP contribution in [-0.4, -0.2) is 28.1 Å². The summed E-state index contributed by atoms with van der Waals surface area (Å²) in [6, 6.07) is 0.297. The number of piperidine rings is 1. The topological polar surface area (TPSA) is 38.3 Å². The van der Waals surface area contributed by atoms with E-state index in [9.17, 15) is 4.79 Å². The van der Waals surface area contributed by atoms with Crippen molar-refractivity contribution < 1.29 is 9.53 Å². The van der Waals surface area contributed by atoms with Crippen LogP contribution in [0.2, 0.25) is 0 Å². The quantitative estimate of drug-likeness (QED) is 0.491. The molecule has 0 amide bonds. The third-order valence-corrected chi connectivity index (χ3v) is 3.35. The maximum Gasteiger partial charge on any atom is 0.319 e. The lowest BCUT2D eigenvalue weighted by molar-refractivity contribution is -0.158. The number of rotatable bonds is 3. The summed E-state index contributed by atoms with van der Waals surface area (Å²) < 4.78 is 5.45. The highest BCUT2D eigenvalue weighted by Gasteiger charge is 2.34. The van der Waals surface area contributed by atoms with Crippen LogP contribution < -0.4 is 5.32 Å². The highest BCUT2D eigenvalue weighted by atomic mass is 127. The molecule has 1 saturated heterocycles. The highest BCUT2D eigenvalue weighted by Crippen LogP contribution is 2.23. The molecule has 0 aromatic rings. The SMILES string of the molecule is CC(I)C(=O)OC(C)(C)C1CCCCN1. The first kappa shape index (κ1) is 13.2. The molecule has 3 nitrogen and oxygen atoms in total. The standard InChI is InChI=1S/C11H20INO2/c1-8(12)10(14)15-11(2,3)9-6-4-5-7-13-9/h8-9,13H,4-7H2,1-3H3. The van der Waals surface area contributed by atoms with Gasteiger partial charge in [0.15, 0.2) is 0 Å². The Balaban J connectivity index is 2.52. The predicted molar refractivity (Wildman–Crippen MR) is 69.3 cm³/mol. The highest BCUT2D eigenvalue weighted by molar-refractivity contribution is 14.1. The van der Waals surface area contributed by atoms with E-state index in [-0.39, 0.29) is 9.89 Å². The van der Waals surface area contributed by atoms with Crippen molar-refractivity contribution in [2.45, 2.75) is 55.6 Å². The van der Waals surface area contributed by atoms with Crippen LogP contribution in [0.15, 0.2) is 0 Å². The van der Waals surface area contributed by atoms with E-state index in [1.54, 1.807) is 0 Å². The fourth-order valence-corrected chi connectivity index (χ4v) is 1.98. The van der Waals surface area contributed by atoms with E-state index in [0.717, 1.165) is 13.0 Å². The van der Waals surface area contributed by atoms with Gasteiger partial charge in [-0.1, -0.05) is 29.0 Å². The minimum atomic E-state index is -0.392. The first-order valence-corrected chi connectivity index (χ1v) is 6.78. The maximum absolute atomic E-state index is 11.5. The Morgan fingerprint density at radius 2 is 2.20 bits per heavy atom. The molecule has 1 rings (SSSR count). The van der Waals surface area contributed by atoms with Crippen molar-refractivity contribution in [2.75, 3.05) is 6.54 Å². The third kappa shape index (κ3) is 3.90. The van der Waals surface area contributed by atoms with Crippen molar-refractivity contribution in [3.05, 3.63) is 0 Å². The van der Waals surface area contributed by atoms with E-state index < -0.39 is 5.60 Å². The summed E-state index contributed by atoms with van der Waals surface area (Å²) in [6.45, 7) is 6.87. The van der Waals surface area contributed by atoms with E-state index in [4.69, 9.17) is 4.74 Å². The third-order valence-electron chi connectivity index (χ3n) is 2.84. The average molecular weight is 325 g/mol. The predicted octanol–water partition coefficient (Wildman–Crippen LogP) is 2.27. The number of esters is 1. The summed E-state index contributed by atoms with van der Waals surface area (Å²) in [5.41, 5.74) is -0.392. The fourth-order valence-electron chi connectivity index (χ4n) is 1.86. The largest absolute Gasteiger partial charge is 0.457 e. The number of hydrogen-bond donors (Lipinski definition) is 1. The first-order chi connectivity index (χ1) is 6.93. The van der Waals surface area contributed by atoms with Crippen LogP contribution in [0.4, 0.5) is 0 Å². The fraction of sp³-hybridized carbons (Fsp3) is 0.909. The molecule has 1 aliphatic rings. The van der Waals surface area contributed by atoms with Crippen LogP contribution in [0.25, 0.3) is 0 Å². The van der Waals surface area contributed by atoms with Crippen molar-refractivity contribution in [3.63, 3.8) is 0 Å². The second-order valence-corrected chi connectivity index (χ2v) is 6.51. The number of nitrogens with one attached hydrogen (secondary N) is 1. The van der Waals surface area contributed by atoms with Crippen LogP contribution in [0.5, 0.6) is 0 Å². The maximum atomic E-state index is 11.5. The lowest BCUT2D eigenvalue weighted by Crippen LogP contribution is -2.52. The Morgan fingerprint density at radius 3 is 2.67 bits per heavy atom. The number of halogens is 1. The summed E-state index contributed by atoms with van der Waals surface area (Å²) in [5, 5.41) is 3.42. The minimum Gasteiger partial charge on any atom is -0.457 e. The number of ether oxygens (including phenoxy) is 1. The Kier molecular flexibility index (Phi) is 4.83. The van der Waals surface area contributed by atoms with Crippen molar-refractivity contribution in [1.29, 1.82) is 0 Å². The Bertz CT molecular complexity index is 223. The molecule has 4 heteroatoms. The van der Waals surface area contributed by atoms with Gasteiger partial charge in [-0.05, 0) is 40.2 Å². The number of carbonyl (C=O) groups is 1. The molecule has 1 N–H and O–H groups in total. The second-order valence-electron chi connectivity index (χ2n) is 4.64. The molecular weight excluding hydrogens is 305 g/mol. The molecule has 0 aromatic carbocycles. The number of alkyl halides is 1. The molecule has 88 valence electrons. The summed E-state index contributed by atoms with van der Waals surface area (Å²) in [4.78, 5) is 11.5. The molecule has 1 fully saturated rings. The van der Waals surface area contributed by atoms with Gasteiger partial charge in [0.05, 0.1) is 0 Å². The molecule has 0 aromatic heterocycles. The van der Waals surface area contributed by atoms with Crippen molar-refractivity contribution in [1.82, 2.24) is 5.32 Å². The van der Waals surface area contributed by atoms with Gasteiger partial charge in [0, 0.05) is 6.04 Å². The van der Waals surface area contributed by atoms with E-state index in [2.05, 4.69) is 27.9 Å². The first-order valence-electron chi connectivity index (χ1n) is 5.54. The van der Waals surface area contributed by atoms with Crippen molar-refractivity contribution in [3.8, 4) is 0 Å². The Labute approximate surface area is 105 Å². The molecule has 1 heterocycles.